The third kappa shape index (κ3) is 5.68. The Balaban J connectivity index is 1.64. The predicted molar refractivity (Wildman–Crippen MR) is 154 cm³/mol. The SMILES string of the molecule is COC[C@@H]1CCCN1C[Si](C)(C)[C@@H](B1OC(C)(C)C(C)(C)O1)[C@H](C)c1ccc(-c2ccccc2)cc1. The van der Waals surface area contributed by atoms with Gasteiger partial charge in [0.15, 0.2) is 0 Å². The van der Waals surface area contributed by atoms with Crippen LogP contribution in [0.1, 0.15) is 58.9 Å². The smallest absolute Gasteiger partial charge is 0.403 e. The van der Waals surface area contributed by atoms with Crippen LogP contribution in [-0.4, -0.2) is 63.8 Å². The maximum absolute atomic E-state index is 6.76. The third-order valence-electron chi connectivity index (χ3n) is 9.02. The van der Waals surface area contributed by atoms with Crippen LogP contribution in [0.4, 0.5) is 0 Å². The van der Waals surface area contributed by atoms with Crippen molar-refractivity contribution >= 4 is 15.2 Å². The van der Waals surface area contributed by atoms with Gasteiger partial charge < -0.3 is 18.9 Å². The monoisotopic (exact) mass is 507 g/mol. The number of nitrogens with zero attached hydrogens (tertiary/aromatic N) is 1. The molecule has 0 saturated carbocycles. The fourth-order valence-corrected chi connectivity index (χ4v) is 10.3. The summed E-state index contributed by atoms with van der Waals surface area (Å²) in [6.07, 6.45) is 3.63. The fraction of sp³-hybridized carbons (Fsp3) is 0.600. The predicted octanol–water partition coefficient (Wildman–Crippen LogP) is 6.82. The van der Waals surface area contributed by atoms with Gasteiger partial charge in [-0.1, -0.05) is 74.6 Å². The zero-order valence-electron chi connectivity index (χ0n) is 23.7. The van der Waals surface area contributed by atoms with Gasteiger partial charge in [0.1, 0.15) is 0 Å². The molecular weight excluding hydrogens is 461 g/mol. The maximum atomic E-state index is 6.76. The molecule has 0 N–H and O–H groups in total. The number of likely N-dealkylation sites (tertiary alicyclic amines) is 1. The zero-order chi connectivity index (χ0) is 26.1. The van der Waals surface area contributed by atoms with E-state index in [1.807, 2.05) is 7.11 Å². The molecule has 0 amide bonds. The van der Waals surface area contributed by atoms with Gasteiger partial charge in [0, 0.05) is 13.2 Å². The molecule has 0 bridgehead atoms. The lowest BCUT2D eigenvalue weighted by atomic mass is 9.74. The number of benzene rings is 2. The lowest BCUT2D eigenvalue weighted by Crippen LogP contribution is -2.54. The number of ether oxygens (including phenoxy) is 1. The second-order valence-electron chi connectivity index (χ2n) is 12.6. The summed E-state index contributed by atoms with van der Waals surface area (Å²) < 4.78 is 19.1. The molecule has 0 unspecified atom stereocenters. The normalized spacial score (nSPS) is 23.7. The minimum Gasteiger partial charge on any atom is -0.403 e. The molecule has 4 nitrogen and oxygen atoms in total. The van der Waals surface area contributed by atoms with Gasteiger partial charge in [-0.05, 0) is 81.3 Å². The van der Waals surface area contributed by atoms with Gasteiger partial charge in [-0.2, -0.15) is 0 Å². The molecule has 2 saturated heterocycles. The molecule has 196 valence electrons. The highest BCUT2D eigenvalue weighted by molar-refractivity contribution is 6.88. The van der Waals surface area contributed by atoms with Crippen molar-refractivity contribution < 1.29 is 14.0 Å². The van der Waals surface area contributed by atoms with Gasteiger partial charge >= 0.3 is 7.12 Å². The first kappa shape index (κ1) is 27.6. The van der Waals surface area contributed by atoms with E-state index in [1.165, 1.54) is 36.1 Å². The van der Waals surface area contributed by atoms with E-state index in [9.17, 15) is 0 Å². The first-order chi connectivity index (χ1) is 16.9. The van der Waals surface area contributed by atoms with Crippen molar-refractivity contribution in [3.8, 4) is 11.1 Å². The summed E-state index contributed by atoms with van der Waals surface area (Å²) in [5, 5.41) is 0. The van der Waals surface area contributed by atoms with Crippen LogP contribution in [0.25, 0.3) is 11.1 Å². The summed E-state index contributed by atoms with van der Waals surface area (Å²) in [6.45, 7) is 18.2. The van der Waals surface area contributed by atoms with Gasteiger partial charge in [-0.15, -0.1) is 0 Å². The molecule has 36 heavy (non-hydrogen) atoms. The molecule has 0 aliphatic carbocycles. The largest absolute Gasteiger partial charge is 0.458 e. The Morgan fingerprint density at radius 2 is 1.56 bits per heavy atom. The topological polar surface area (TPSA) is 30.9 Å². The average molecular weight is 508 g/mol. The molecule has 0 radical (unpaired) electrons. The first-order valence-electron chi connectivity index (χ1n) is 13.7. The molecule has 3 atom stereocenters. The maximum Gasteiger partial charge on any atom is 0.458 e. The minimum absolute atomic E-state index is 0.205. The van der Waals surface area contributed by atoms with Crippen molar-refractivity contribution in [1.82, 2.24) is 4.90 Å². The highest BCUT2D eigenvalue weighted by atomic mass is 28.3. The number of hydrogen-bond donors (Lipinski definition) is 0. The molecule has 2 aliphatic rings. The standard InChI is InChI=1S/C30H46BNO3Si/c1-23(24-16-18-26(19-17-24)25-13-10-9-11-14-25)28(31-34-29(2,3)30(4,5)35-31)36(7,8)22-32-20-12-15-27(32)21-33-6/h9-11,13-14,16-19,23,27-28H,12,15,20-22H2,1-8H3/t23-,27+,28-/m1/s1. The number of rotatable bonds is 9. The Bertz CT molecular complexity index is 979. The number of hydrogen-bond acceptors (Lipinski definition) is 4. The van der Waals surface area contributed by atoms with E-state index in [4.69, 9.17) is 14.0 Å². The molecule has 2 aliphatic heterocycles. The summed E-state index contributed by atoms with van der Waals surface area (Å²) in [5.74, 6) is 0.328. The van der Waals surface area contributed by atoms with Crippen molar-refractivity contribution in [3.05, 3.63) is 60.2 Å². The van der Waals surface area contributed by atoms with Gasteiger partial charge in [0.25, 0.3) is 0 Å². The molecule has 2 fully saturated rings. The van der Waals surface area contributed by atoms with Crippen LogP contribution < -0.4 is 0 Å². The number of methoxy groups -OCH3 is 1. The van der Waals surface area contributed by atoms with E-state index in [0.717, 1.165) is 12.8 Å². The van der Waals surface area contributed by atoms with E-state index in [1.54, 1.807) is 0 Å². The van der Waals surface area contributed by atoms with E-state index in [-0.39, 0.29) is 18.3 Å². The lowest BCUT2D eigenvalue weighted by Gasteiger charge is -2.41. The summed E-state index contributed by atoms with van der Waals surface area (Å²) in [7, 11) is -0.240. The summed E-state index contributed by atoms with van der Waals surface area (Å²) in [6, 6.07) is 20.3. The van der Waals surface area contributed by atoms with Crippen LogP contribution in [0.3, 0.4) is 0 Å². The van der Waals surface area contributed by atoms with Crippen molar-refractivity contribution in [3.63, 3.8) is 0 Å². The molecule has 6 heteroatoms. The Hall–Kier alpha value is -1.44. The van der Waals surface area contributed by atoms with Crippen LogP contribution in [0.2, 0.25) is 18.5 Å². The third-order valence-corrected chi connectivity index (χ3v) is 12.8. The van der Waals surface area contributed by atoms with Crippen LogP contribution >= 0.6 is 0 Å². The van der Waals surface area contributed by atoms with Crippen LogP contribution in [-0.2, 0) is 14.0 Å². The second kappa shape index (κ2) is 10.7. The molecule has 2 aromatic carbocycles. The van der Waals surface area contributed by atoms with Crippen LogP contribution in [0.15, 0.2) is 54.6 Å². The molecular formula is C30H46BNO3Si. The van der Waals surface area contributed by atoms with Crippen molar-refractivity contribution in [2.24, 2.45) is 0 Å². The summed E-state index contributed by atoms with van der Waals surface area (Å²) >= 11 is 0. The van der Waals surface area contributed by atoms with Gasteiger partial charge in [-0.3, -0.25) is 0 Å². The van der Waals surface area contributed by atoms with E-state index in [0.29, 0.717) is 17.4 Å². The highest BCUT2D eigenvalue weighted by Gasteiger charge is 2.58. The van der Waals surface area contributed by atoms with Gasteiger partial charge in [-0.25, -0.2) is 0 Å². The quantitative estimate of drug-likeness (QED) is 0.349. The van der Waals surface area contributed by atoms with E-state index < -0.39 is 8.07 Å². The van der Waals surface area contributed by atoms with Crippen LogP contribution in [0.5, 0.6) is 0 Å². The molecule has 4 rings (SSSR count). The van der Waals surface area contributed by atoms with Crippen molar-refractivity contribution in [1.29, 1.82) is 0 Å². The minimum atomic E-state index is -1.86. The first-order valence-corrected chi connectivity index (χ1v) is 17.0. The molecule has 0 aromatic heterocycles. The second-order valence-corrected chi connectivity index (χ2v) is 17.6. The molecule has 2 heterocycles. The fourth-order valence-electron chi connectivity index (χ4n) is 6.25. The summed E-state index contributed by atoms with van der Waals surface area (Å²) in [4.78, 5) is 2.69. The van der Waals surface area contributed by atoms with Gasteiger partial charge in [0.05, 0.1) is 25.9 Å². The average Bonchev–Trinajstić information content (AvgIpc) is 3.33. The Kier molecular flexibility index (Phi) is 8.23. The zero-order valence-corrected chi connectivity index (χ0v) is 24.7. The van der Waals surface area contributed by atoms with Gasteiger partial charge in [0.2, 0.25) is 0 Å². The Morgan fingerprint density at radius 1 is 0.972 bits per heavy atom. The van der Waals surface area contributed by atoms with Crippen molar-refractivity contribution in [2.45, 2.75) is 89.2 Å². The summed E-state index contributed by atoms with van der Waals surface area (Å²) in [5.41, 5.74) is 3.55. The van der Waals surface area contributed by atoms with Crippen LogP contribution in [0, 0.1) is 0 Å². The molecule has 0 spiro atoms. The Labute approximate surface area is 220 Å². The Morgan fingerprint density at radius 3 is 2.14 bits per heavy atom. The van der Waals surface area contributed by atoms with E-state index >= 15 is 0 Å². The van der Waals surface area contributed by atoms with Crippen molar-refractivity contribution in [2.75, 3.05) is 26.4 Å². The molecule has 2 aromatic rings. The lowest BCUT2D eigenvalue weighted by molar-refractivity contribution is 0.00578. The highest BCUT2D eigenvalue weighted by Crippen LogP contribution is 2.48. The van der Waals surface area contributed by atoms with E-state index in [2.05, 4.69) is 107 Å².